The van der Waals surface area contributed by atoms with Crippen LogP contribution in [0.25, 0.3) is 0 Å². The van der Waals surface area contributed by atoms with Crippen molar-refractivity contribution in [1.82, 2.24) is 5.32 Å². The second kappa shape index (κ2) is 6.61. The molecule has 0 heterocycles. The van der Waals surface area contributed by atoms with E-state index in [0.29, 0.717) is 12.6 Å². The quantitative estimate of drug-likeness (QED) is 0.803. The molecule has 0 aliphatic heterocycles. The number of halogens is 1. The Labute approximate surface area is 96.8 Å². The molecule has 0 amide bonds. The summed E-state index contributed by atoms with van der Waals surface area (Å²) < 4.78 is 18.0. The molecule has 0 spiro atoms. The highest BCUT2D eigenvalue weighted by molar-refractivity contribution is 5.26. The van der Waals surface area contributed by atoms with E-state index in [1.165, 1.54) is 6.07 Å². The van der Waals surface area contributed by atoms with Crippen LogP contribution in [0, 0.1) is 12.7 Å². The zero-order chi connectivity index (χ0) is 12.0. The van der Waals surface area contributed by atoms with Crippen LogP contribution < -0.4 is 5.32 Å². The van der Waals surface area contributed by atoms with Crippen LogP contribution in [-0.2, 0) is 11.3 Å². The van der Waals surface area contributed by atoms with Gasteiger partial charge < -0.3 is 10.1 Å². The Kier molecular flexibility index (Phi) is 5.43. The maximum atomic E-state index is 13.0. The standard InChI is InChI=1S/C13H20FNO/c1-10-4-5-13(14)8-12(10)9-15-11(2)6-7-16-3/h4-5,8,11,15H,6-7,9H2,1-3H3/t11-/m1/s1. The monoisotopic (exact) mass is 225 g/mol. The van der Waals surface area contributed by atoms with Gasteiger partial charge in [0.15, 0.2) is 0 Å². The summed E-state index contributed by atoms with van der Waals surface area (Å²) in [6.45, 7) is 5.55. The lowest BCUT2D eigenvalue weighted by Crippen LogP contribution is -2.27. The largest absolute Gasteiger partial charge is 0.385 e. The zero-order valence-electron chi connectivity index (χ0n) is 10.2. The van der Waals surface area contributed by atoms with Gasteiger partial charge in [-0.3, -0.25) is 0 Å². The molecule has 0 bridgehead atoms. The average Bonchev–Trinajstić information content (AvgIpc) is 2.27. The summed E-state index contributed by atoms with van der Waals surface area (Å²) in [6, 6.07) is 5.27. The van der Waals surface area contributed by atoms with Gasteiger partial charge in [0.2, 0.25) is 0 Å². The van der Waals surface area contributed by atoms with Gasteiger partial charge in [0.1, 0.15) is 5.82 Å². The Morgan fingerprint density at radius 2 is 2.19 bits per heavy atom. The molecule has 90 valence electrons. The summed E-state index contributed by atoms with van der Waals surface area (Å²) in [7, 11) is 1.70. The molecule has 1 atom stereocenters. The fourth-order valence-corrected chi connectivity index (χ4v) is 1.51. The van der Waals surface area contributed by atoms with E-state index in [2.05, 4.69) is 12.2 Å². The fraction of sp³-hybridized carbons (Fsp3) is 0.538. The molecule has 2 nitrogen and oxygen atoms in total. The van der Waals surface area contributed by atoms with Crippen LogP contribution in [-0.4, -0.2) is 19.8 Å². The van der Waals surface area contributed by atoms with Crippen molar-refractivity contribution in [3.05, 3.63) is 35.1 Å². The first-order chi connectivity index (χ1) is 7.63. The van der Waals surface area contributed by atoms with Crippen molar-refractivity contribution < 1.29 is 9.13 Å². The predicted octanol–water partition coefficient (Wildman–Crippen LogP) is 2.65. The number of methoxy groups -OCH3 is 1. The van der Waals surface area contributed by atoms with Crippen LogP contribution in [0.4, 0.5) is 4.39 Å². The molecule has 0 saturated heterocycles. The van der Waals surface area contributed by atoms with Crippen molar-refractivity contribution in [2.24, 2.45) is 0 Å². The summed E-state index contributed by atoms with van der Waals surface area (Å²) in [6.07, 6.45) is 0.963. The van der Waals surface area contributed by atoms with Crippen molar-refractivity contribution in [3.8, 4) is 0 Å². The molecule has 0 saturated carbocycles. The van der Waals surface area contributed by atoms with Crippen molar-refractivity contribution in [1.29, 1.82) is 0 Å². The fourth-order valence-electron chi connectivity index (χ4n) is 1.51. The molecule has 0 unspecified atom stereocenters. The van der Waals surface area contributed by atoms with E-state index in [1.54, 1.807) is 13.2 Å². The number of rotatable bonds is 6. The molecular formula is C13H20FNO. The number of nitrogens with one attached hydrogen (secondary N) is 1. The lowest BCUT2D eigenvalue weighted by Gasteiger charge is -2.14. The van der Waals surface area contributed by atoms with Crippen LogP contribution in [0.15, 0.2) is 18.2 Å². The highest BCUT2D eigenvalue weighted by Crippen LogP contribution is 2.10. The predicted molar refractivity (Wildman–Crippen MR) is 63.9 cm³/mol. The minimum Gasteiger partial charge on any atom is -0.385 e. The van der Waals surface area contributed by atoms with Gasteiger partial charge in [0, 0.05) is 26.3 Å². The maximum absolute atomic E-state index is 13.0. The number of hydrogen-bond acceptors (Lipinski definition) is 2. The lowest BCUT2D eigenvalue weighted by atomic mass is 10.1. The van der Waals surface area contributed by atoms with Gasteiger partial charge in [-0.15, -0.1) is 0 Å². The molecule has 1 rings (SSSR count). The molecule has 3 heteroatoms. The highest BCUT2D eigenvalue weighted by Gasteiger charge is 2.04. The van der Waals surface area contributed by atoms with Crippen LogP contribution in [0.5, 0.6) is 0 Å². The van der Waals surface area contributed by atoms with E-state index in [9.17, 15) is 4.39 Å². The van der Waals surface area contributed by atoms with Gasteiger partial charge in [0.05, 0.1) is 0 Å². The summed E-state index contributed by atoms with van der Waals surface area (Å²) in [5.41, 5.74) is 2.14. The number of hydrogen-bond donors (Lipinski definition) is 1. The topological polar surface area (TPSA) is 21.3 Å². The SMILES string of the molecule is COCC[C@@H](C)NCc1cc(F)ccc1C. The van der Waals surface area contributed by atoms with Crippen LogP contribution in [0.1, 0.15) is 24.5 Å². The molecule has 0 aliphatic rings. The molecular weight excluding hydrogens is 205 g/mol. The molecule has 0 aromatic heterocycles. The van der Waals surface area contributed by atoms with Gasteiger partial charge in [-0.2, -0.15) is 0 Å². The summed E-state index contributed by atoms with van der Waals surface area (Å²) in [5, 5.41) is 3.36. The lowest BCUT2D eigenvalue weighted by molar-refractivity contribution is 0.184. The third kappa shape index (κ3) is 4.29. The zero-order valence-corrected chi connectivity index (χ0v) is 10.2. The number of ether oxygens (including phenoxy) is 1. The van der Waals surface area contributed by atoms with Crippen LogP contribution >= 0.6 is 0 Å². The van der Waals surface area contributed by atoms with E-state index < -0.39 is 0 Å². The summed E-state index contributed by atoms with van der Waals surface area (Å²) in [5.74, 6) is -0.174. The first-order valence-electron chi connectivity index (χ1n) is 5.61. The number of aryl methyl sites for hydroxylation is 1. The van der Waals surface area contributed by atoms with Crippen molar-refractivity contribution >= 4 is 0 Å². The second-order valence-electron chi connectivity index (χ2n) is 4.13. The minimum atomic E-state index is -0.174. The normalized spacial score (nSPS) is 12.8. The maximum Gasteiger partial charge on any atom is 0.123 e. The van der Waals surface area contributed by atoms with E-state index >= 15 is 0 Å². The Balaban J connectivity index is 2.44. The first-order valence-corrected chi connectivity index (χ1v) is 5.61. The van der Waals surface area contributed by atoms with Gasteiger partial charge in [-0.25, -0.2) is 4.39 Å². The van der Waals surface area contributed by atoms with Crippen LogP contribution in [0.2, 0.25) is 0 Å². The van der Waals surface area contributed by atoms with Gasteiger partial charge >= 0.3 is 0 Å². The number of benzene rings is 1. The van der Waals surface area contributed by atoms with Gasteiger partial charge in [0.25, 0.3) is 0 Å². The van der Waals surface area contributed by atoms with Gasteiger partial charge in [-0.1, -0.05) is 6.07 Å². The van der Waals surface area contributed by atoms with E-state index in [4.69, 9.17) is 4.74 Å². The second-order valence-corrected chi connectivity index (χ2v) is 4.13. The highest BCUT2D eigenvalue weighted by atomic mass is 19.1. The van der Waals surface area contributed by atoms with E-state index in [-0.39, 0.29) is 5.82 Å². The molecule has 1 aromatic rings. The summed E-state index contributed by atoms with van der Waals surface area (Å²) >= 11 is 0. The summed E-state index contributed by atoms with van der Waals surface area (Å²) in [4.78, 5) is 0. The molecule has 1 aromatic carbocycles. The van der Waals surface area contributed by atoms with E-state index in [1.807, 2.05) is 13.0 Å². The Morgan fingerprint density at radius 1 is 1.44 bits per heavy atom. The third-order valence-electron chi connectivity index (χ3n) is 2.71. The molecule has 1 N–H and O–H groups in total. The molecule has 0 radical (unpaired) electrons. The van der Waals surface area contributed by atoms with E-state index in [0.717, 1.165) is 24.2 Å². The first kappa shape index (κ1) is 13.1. The third-order valence-corrected chi connectivity index (χ3v) is 2.71. The molecule has 16 heavy (non-hydrogen) atoms. The van der Waals surface area contributed by atoms with Crippen molar-refractivity contribution in [2.45, 2.75) is 32.9 Å². The Bertz CT molecular complexity index is 328. The average molecular weight is 225 g/mol. The van der Waals surface area contributed by atoms with Crippen molar-refractivity contribution in [2.75, 3.05) is 13.7 Å². The van der Waals surface area contributed by atoms with Crippen molar-refractivity contribution in [3.63, 3.8) is 0 Å². The van der Waals surface area contributed by atoms with Crippen LogP contribution in [0.3, 0.4) is 0 Å². The smallest absolute Gasteiger partial charge is 0.123 e. The minimum absolute atomic E-state index is 0.174. The Hall–Kier alpha value is -0.930. The Morgan fingerprint density at radius 3 is 2.88 bits per heavy atom. The molecule has 0 fully saturated rings. The van der Waals surface area contributed by atoms with Gasteiger partial charge in [-0.05, 0) is 43.5 Å². The molecule has 0 aliphatic carbocycles.